The second kappa shape index (κ2) is 12.6. The zero-order valence-electron chi connectivity index (χ0n) is 22.2. The van der Waals surface area contributed by atoms with E-state index in [1.54, 1.807) is 0 Å². The highest BCUT2D eigenvalue weighted by molar-refractivity contribution is 5.82. The largest absolute Gasteiger partial charge is 0.465 e. The Hall–Kier alpha value is -3.80. The molecule has 2 aromatic carbocycles. The first kappa shape index (κ1) is 29.2. The lowest BCUT2D eigenvalue weighted by Gasteiger charge is -2.32. The number of nitrogens with zero attached hydrogens (tertiary/aromatic N) is 3. The maximum Gasteiger partial charge on any atom is 0.416 e. The number of anilines is 1. The van der Waals surface area contributed by atoms with Crippen molar-refractivity contribution in [1.29, 1.82) is 0 Å². The van der Waals surface area contributed by atoms with E-state index in [-0.39, 0.29) is 43.6 Å². The Morgan fingerprint density at radius 3 is 2.60 bits per heavy atom. The van der Waals surface area contributed by atoms with Crippen LogP contribution in [-0.4, -0.2) is 84.2 Å². The van der Waals surface area contributed by atoms with Crippen LogP contribution < -0.4 is 5.32 Å². The fraction of sp³-hybridized carbons (Fsp3) is 0.464. The third-order valence-electron chi connectivity index (χ3n) is 7.36. The molecule has 1 saturated heterocycles. The fourth-order valence-electron chi connectivity index (χ4n) is 5.03. The number of carboxylic acid groups (broad SMARTS) is 1. The third-order valence-corrected chi connectivity index (χ3v) is 7.36. The summed E-state index contributed by atoms with van der Waals surface area (Å²) in [6.07, 6.45) is -4.48. The lowest BCUT2D eigenvalue weighted by molar-refractivity contribution is -0.139. The first-order valence-electron chi connectivity index (χ1n) is 13.1. The minimum absolute atomic E-state index is 0.0636. The van der Waals surface area contributed by atoms with Crippen LogP contribution in [0, 0.1) is 5.92 Å². The molecule has 1 atom stereocenters. The second-order valence-corrected chi connectivity index (χ2v) is 10.0. The van der Waals surface area contributed by atoms with Gasteiger partial charge in [0.1, 0.15) is 0 Å². The summed E-state index contributed by atoms with van der Waals surface area (Å²) < 4.78 is 46.1. The van der Waals surface area contributed by atoms with Crippen molar-refractivity contribution in [2.75, 3.05) is 51.8 Å². The normalized spacial score (nSPS) is 16.8. The van der Waals surface area contributed by atoms with Crippen molar-refractivity contribution in [2.45, 2.75) is 32.1 Å². The smallest absolute Gasteiger partial charge is 0.416 e. The van der Waals surface area contributed by atoms with Gasteiger partial charge in [-0.05, 0) is 41.7 Å². The molecular weight excluding hydrogens is 529 g/mol. The number of likely N-dealkylation sites (N-methyl/N-ethyl adjacent to an activating group) is 1. The van der Waals surface area contributed by atoms with Crippen LogP contribution in [0.2, 0.25) is 0 Å². The van der Waals surface area contributed by atoms with Crippen molar-refractivity contribution >= 4 is 23.6 Å². The maximum absolute atomic E-state index is 13.6. The van der Waals surface area contributed by atoms with Crippen molar-refractivity contribution in [1.82, 2.24) is 14.7 Å². The second-order valence-electron chi connectivity index (χ2n) is 10.0. The maximum atomic E-state index is 13.6. The predicted molar refractivity (Wildman–Crippen MR) is 140 cm³/mol. The van der Waals surface area contributed by atoms with Gasteiger partial charge in [-0.3, -0.25) is 9.59 Å². The third kappa shape index (κ3) is 7.04. The minimum Gasteiger partial charge on any atom is -0.465 e. The fourth-order valence-corrected chi connectivity index (χ4v) is 5.03. The van der Waals surface area contributed by atoms with Gasteiger partial charge in [0.15, 0.2) is 0 Å². The Kier molecular flexibility index (Phi) is 9.18. The van der Waals surface area contributed by atoms with Gasteiger partial charge in [0.25, 0.3) is 0 Å². The van der Waals surface area contributed by atoms with E-state index in [4.69, 9.17) is 4.74 Å². The highest BCUT2D eigenvalue weighted by atomic mass is 19.4. The molecule has 2 heterocycles. The van der Waals surface area contributed by atoms with Crippen molar-refractivity contribution < 1.29 is 37.4 Å². The van der Waals surface area contributed by atoms with Gasteiger partial charge in [-0.1, -0.05) is 30.3 Å². The summed E-state index contributed by atoms with van der Waals surface area (Å²) in [6.45, 7) is 1.37. The monoisotopic (exact) mass is 562 g/mol. The number of carbonyl (C=O) groups excluding carboxylic acids is 2. The SMILES string of the molecule is CN(CCN(Cc1ccccc1C(F)(F)F)C(=O)CNc1cccc2c1CCN(C(=O)C1CCOC1)C2)C(=O)O. The van der Waals surface area contributed by atoms with Gasteiger partial charge in [-0.2, -0.15) is 13.2 Å². The number of hydrogen-bond donors (Lipinski definition) is 2. The molecule has 0 radical (unpaired) electrons. The van der Waals surface area contributed by atoms with E-state index in [9.17, 15) is 32.7 Å². The number of halogens is 3. The van der Waals surface area contributed by atoms with E-state index in [2.05, 4.69) is 5.32 Å². The molecule has 0 aliphatic carbocycles. The molecule has 40 heavy (non-hydrogen) atoms. The van der Waals surface area contributed by atoms with Gasteiger partial charge in [-0.15, -0.1) is 0 Å². The average Bonchev–Trinajstić information content (AvgIpc) is 3.47. The zero-order valence-corrected chi connectivity index (χ0v) is 22.2. The molecular formula is C28H33F3N4O5. The van der Waals surface area contributed by atoms with Crippen molar-refractivity contribution in [3.05, 3.63) is 64.7 Å². The number of benzene rings is 2. The zero-order chi connectivity index (χ0) is 28.9. The molecule has 0 bridgehead atoms. The highest BCUT2D eigenvalue weighted by Gasteiger charge is 2.34. The van der Waals surface area contributed by atoms with E-state index in [0.717, 1.165) is 34.2 Å². The summed E-state index contributed by atoms with van der Waals surface area (Å²) in [7, 11) is 1.33. The van der Waals surface area contributed by atoms with Crippen LogP contribution in [0.1, 0.15) is 28.7 Å². The summed E-state index contributed by atoms with van der Waals surface area (Å²) >= 11 is 0. The Morgan fingerprint density at radius 2 is 1.90 bits per heavy atom. The molecule has 0 saturated carbocycles. The lowest BCUT2D eigenvalue weighted by atomic mass is 9.96. The molecule has 2 aromatic rings. The Bertz CT molecular complexity index is 1230. The Morgan fingerprint density at radius 1 is 1.12 bits per heavy atom. The molecule has 216 valence electrons. The van der Waals surface area contributed by atoms with Crippen LogP contribution in [0.4, 0.5) is 23.7 Å². The molecule has 2 aliphatic rings. The Labute approximate surface area is 230 Å². The van der Waals surface area contributed by atoms with Gasteiger partial charge in [0.2, 0.25) is 11.8 Å². The number of carbonyl (C=O) groups is 3. The summed E-state index contributed by atoms with van der Waals surface area (Å²) in [5, 5.41) is 12.3. The van der Waals surface area contributed by atoms with Crippen molar-refractivity contribution in [2.24, 2.45) is 5.92 Å². The van der Waals surface area contributed by atoms with Crippen LogP contribution in [-0.2, 0) is 40.0 Å². The standard InChI is InChI=1S/C28H33F3N4O5/c1-33(27(38)39)12-13-34(17-20-5-2-3-7-23(20)28(29,30)31)25(36)15-32-24-8-4-6-19-16-35(11-9-22(19)24)26(37)21-10-14-40-18-21/h2-8,21,32H,9-18H2,1H3,(H,38,39). The molecule has 1 fully saturated rings. The molecule has 9 nitrogen and oxygen atoms in total. The first-order chi connectivity index (χ1) is 19.0. The van der Waals surface area contributed by atoms with E-state index < -0.39 is 23.7 Å². The predicted octanol–water partition coefficient (Wildman–Crippen LogP) is 3.68. The molecule has 2 N–H and O–H groups in total. The lowest BCUT2D eigenvalue weighted by Crippen LogP contribution is -2.42. The molecule has 2 aliphatic heterocycles. The van der Waals surface area contributed by atoms with Gasteiger partial charge in [0.05, 0.1) is 24.6 Å². The quantitative estimate of drug-likeness (QED) is 0.484. The number of nitrogens with one attached hydrogen (secondary N) is 1. The topological polar surface area (TPSA) is 102 Å². The average molecular weight is 563 g/mol. The van der Waals surface area contributed by atoms with Gasteiger partial charge in [0, 0.05) is 52.1 Å². The summed E-state index contributed by atoms with van der Waals surface area (Å²) in [4.78, 5) is 41.4. The van der Waals surface area contributed by atoms with Gasteiger partial charge < -0.3 is 29.9 Å². The van der Waals surface area contributed by atoms with Crippen LogP contribution in [0.3, 0.4) is 0 Å². The molecule has 1 unspecified atom stereocenters. The van der Waals surface area contributed by atoms with E-state index >= 15 is 0 Å². The van der Waals surface area contributed by atoms with Crippen LogP contribution >= 0.6 is 0 Å². The van der Waals surface area contributed by atoms with Crippen molar-refractivity contribution in [3.63, 3.8) is 0 Å². The summed E-state index contributed by atoms with van der Waals surface area (Å²) in [5.74, 6) is -0.505. The van der Waals surface area contributed by atoms with E-state index in [1.807, 2.05) is 23.1 Å². The van der Waals surface area contributed by atoms with E-state index in [0.29, 0.717) is 32.7 Å². The summed E-state index contributed by atoms with van der Waals surface area (Å²) in [5.41, 5.74) is 1.76. The van der Waals surface area contributed by atoms with Crippen LogP contribution in [0.15, 0.2) is 42.5 Å². The van der Waals surface area contributed by atoms with Crippen LogP contribution in [0.25, 0.3) is 0 Å². The number of alkyl halides is 3. The van der Waals surface area contributed by atoms with E-state index in [1.165, 1.54) is 30.1 Å². The minimum atomic E-state index is -4.59. The highest BCUT2D eigenvalue weighted by Crippen LogP contribution is 2.32. The van der Waals surface area contributed by atoms with Crippen molar-refractivity contribution in [3.8, 4) is 0 Å². The number of hydrogen-bond acceptors (Lipinski definition) is 5. The number of ether oxygens (including phenoxy) is 1. The number of amides is 3. The number of fused-ring (bicyclic) bond motifs is 1. The summed E-state index contributed by atoms with van der Waals surface area (Å²) in [6, 6.07) is 10.6. The van der Waals surface area contributed by atoms with Gasteiger partial charge in [-0.25, -0.2) is 4.79 Å². The van der Waals surface area contributed by atoms with Gasteiger partial charge >= 0.3 is 12.3 Å². The Balaban J connectivity index is 1.46. The first-order valence-corrected chi connectivity index (χ1v) is 13.1. The molecule has 0 spiro atoms. The molecule has 3 amide bonds. The molecule has 0 aromatic heterocycles. The van der Waals surface area contributed by atoms with Crippen LogP contribution in [0.5, 0.6) is 0 Å². The molecule has 12 heteroatoms. The molecule has 4 rings (SSSR count). The number of rotatable bonds is 9.